The van der Waals surface area contributed by atoms with Crippen LogP contribution in [0.3, 0.4) is 0 Å². The second-order valence-electron chi connectivity index (χ2n) is 5.77. The van der Waals surface area contributed by atoms with E-state index in [0.717, 1.165) is 25.6 Å². The van der Waals surface area contributed by atoms with E-state index in [1.807, 2.05) is 0 Å². The fraction of sp³-hybridized carbons (Fsp3) is 0.500. The molecular formula is C16H22N2O5S. The number of rotatable bonds is 5. The number of ether oxygens (including phenoxy) is 1. The maximum absolute atomic E-state index is 12.3. The lowest BCUT2D eigenvalue weighted by molar-refractivity contribution is -0.120. The third kappa shape index (κ3) is 4.78. The van der Waals surface area contributed by atoms with Crippen LogP contribution in [-0.4, -0.2) is 46.2 Å². The summed E-state index contributed by atoms with van der Waals surface area (Å²) in [6, 6.07) is 4.04. The third-order valence-corrected chi connectivity index (χ3v) is 4.87. The molecule has 1 amide bonds. The minimum atomic E-state index is -3.53. The van der Waals surface area contributed by atoms with E-state index in [9.17, 15) is 18.0 Å². The molecule has 8 heteroatoms. The molecule has 1 heterocycles. The van der Waals surface area contributed by atoms with Gasteiger partial charge in [-0.2, -0.15) is 0 Å². The zero-order valence-electron chi connectivity index (χ0n) is 13.8. The number of anilines is 1. The van der Waals surface area contributed by atoms with Crippen LogP contribution < -0.4 is 10.6 Å². The predicted octanol–water partition coefficient (Wildman–Crippen LogP) is 1.20. The van der Waals surface area contributed by atoms with Gasteiger partial charge in [0.1, 0.15) is 0 Å². The smallest absolute Gasteiger partial charge is 0.338 e. The summed E-state index contributed by atoms with van der Waals surface area (Å²) >= 11 is 0. The zero-order valence-corrected chi connectivity index (χ0v) is 14.6. The number of sulfone groups is 1. The Morgan fingerprint density at radius 2 is 2.08 bits per heavy atom. The molecule has 0 aliphatic carbocycles. The van der Waals surface area contributed by atoms with E-state index in [1.165, 1.54) is 18.2 Å². The zero-order chi connectivity index (χ0) is 17.7. The Labute approximate surface area is 141 Å². The Morgan fingerprint density at radius 3 is 2.67 bits per heavy atom. The maximum atomic E-state index is 12.3. The molecule has 7 nitrogen and oxygen atoms in total. The minimum Gasteiger partial charge on any atom is -0.462 e. The molecule has 1 aromatic carbocycles. The first-order chi connectivity index (χ1) is 11.3. The van der Waals surface area contributed by atoms with Crippen LogP contribution in [0.15, 0.2) is 23.1 Å². The fourth-order valence-corrected chi connectivity index (χ4v) is 3.22. The Hall–Kier alpha value is -1.93. The summed E-state index contributed by atoms with van der Waals surface area (Å²) < 4.78 is 28.6. The number of carbonyl (C=O) groups excluding carboxylic acids is 2. The highest BCUT2D eigenvalue weighted by Crippen LogP contribution is 2.21. The number of esters is 1. The number of amides is 1. The molecule has 0 saturated carbocycles. The number of hydrogen-bond donors (Lipinski definition) is 2. The molecule has 1 aliphatic rings. The molecule has 1 aliphatic heterocycles. The molecule has 1 aromatic rings. The maximum Gasteiger partial charge on any atom is 0.338 e. The average molecular weight is 354 g/mol. The standard InChI is InChI=1S/C16H22N2O5S/c1-3-23-16(20)12-7-13(9-14(8-12)24(2,21)22)18-15(19)11-5-4-6-17-10-11/h7-9,11,17H,3-6,10H2,1-2H3,(H,18,19). The molecule has 1 atom stereocenters. The van der Waals surface area contributed by atoms with Crippen molar-refractivity contribution in [1.29, 1.82) is 0 Å². The van der Waals surface area contributed by atoms with Gasteiger partial charge < -0.3 is 15.4 Å². The summed E-state index contributed by atoms with van der Waals surface area (Å²) in [5, 5.41) is 5.86. The largest absolute Gasteiger partial charge is 0.462 e. The van der Waals surface area contributed by atoms with Crippen molar-refractivity contribution in [2.45, 2.75) is 24.7 Å². The molecule has 0 aromatic heterocycles. The van der Waals surface area contributed by atoms with E-state index in [0.29, 0.717) is 6.54 Å². The van der Waals surface area contributed by atoms with Crippen molar-refractivity contribution in [2.24, 2.45) is 5.92 Å². The molecule has 1 unspecified atom stereocenters. The highest BCUT2D eigenvalue weighted by atomic mass is 32.2. The Balaban J connectivity index is 2.28. The van der Waals surface area contributed by atoms with Gasteiger partial charge in [-0.05, 0) is 44.5 Å². The van der Waals surface area contributed by atoms with E-state index < -0.39 is 15.8 Å². The average Bonchev–Trinajstić information content (AvgIpc) is 2.54. The van der Waals surface area contributed by atoms with Crippen LogP contribution in [0.25, 0.3) is 0 Å². The van der Waals surface area contributed by atoms with Gasteiger partial charge in [0.25, 0.3) is 0 Å². The quantitative estimate of drug-likeness (QED) is 0.771. The summed E-state index contributed by atoms with van der Waals surface area (Å²) in [4.78, 5) is 24.2. The lowest BCUT2D eigenvalue weighted by Crippen LogP contribution is -2.37. The highest BCUT2D eigenvalue weighted by Gasteiger charge is 2.22. The molecule has 0 bridgehead atoms. The summed E-state index contributed by atoms with van der Waals surface area (Å²) in [5.41, 5.74) is 0.369. The molecule has 2 rings (SSSR count). The van der Waals surface area contributed by atoms with Gasteiger partial charge in [-0.25, -0.2) is 13.2 Å². The molecule has 24 heavy (non-hydrogen) atoms. The van der Waals surface area contributed by atoms with Crippen molar-refractivity contribution in [3.05, 3.63) is 23.8 Å². The first kappa shape index (κ1) is 18.4. The predicted molar refractivity (Wildman–Crippen MR) is 89.7 cm³/mol. The van der Waals surface area contributed by atoms with Gasteiger partial charge in [0, 0.05) is 18.5 Å². The molecule has 2 N–H and O–H groups in total. The van der Waals surface area contributed by atoms with Crippen molar-refractivity contribution < 1.29 is 22.7 Å². The summed E-state index contributed by atoms with van der Waals surface area (Å²) in [6.45, 7) is 3.32. The van der Waals surface area contributed by atoms with E-state index in [4.69, 9.17) is 4.74 Å². The second kappa shape index (κ2) is 7.76. The van der Waals surface area contributed by atoms with Crippen molar-refractivity contribution in [3.63, 3.8) is 0 Å². The van der Waals surface area contributed by atoms with Crippen molar-refractivity contribution >= 4 is 27.4 Å². The van der Waals surface area contributed by atoms with Gasteiger partial charge in [0.2, 0.25) is 5.91 Å². The first-order valence-electron chi connectivity index (χ1n) is 7.85. The molecule has 0 radical (unpaired) electrons. The van der Waals surface area contributed by atoms with E-state index in [1.54, 1.807) is 6.92 Å². The SMILES string of the molecule is CCOC(=O)c1cc(NC(=O)C2CCCNC2)cc(S(C)(=O)=O)c1. The normalized spacial score (nSPS) is 18.0. The van der Waals surface area contributed by atoms with Gasteiger partial charge in [0.15, 0.2) is 9.84 Å². The van der Waals surface area contributed by atoms with Gasteiger partial charge in [0.05, 0.1) is 23.0 Å². The van der Waals surface area contributed by atoms with Gasteiger partial charge in [-0.3, -0.25) is 4.79 Å². The number of hydrogen-bond acceptors (Lipinski definition) is 6. The molecule has 132 valence electrons. The first-order valence-corrected chi connectivity index (χ1v) is 9.74. The highest BCUT2D eigenvalue weighted by molar-refractivity contribution is 7.90. The van der Waals surface area contributed by atoms with Crippen LogP contribution in [-0.2, 0) is 19.4 Å². The van der Waals surface area contributed by atoms with Crippen LogP contribution in [0, 0.1) is 5.92 Å². The molecular weight excluding hydrogens is 332 g/mol. The van der Waals surface area contributed by atoms with E-state index in [-0.39, 0.29) is 34.6 Å². The van der Waals surface area contributed by atoms with Gasteiger partial charge in [-0.1, -0.05) is 0 Å². The summed E-state index contributed by atoms with van der Waals surface area (Å²) in [7, 11) is -3.53. The lowest BCUT2D eigenvalue weighted by atomic mass is 9.99. The van der Waals surface area contributed by atoms with Gasteiger partial charge >= 0.3 is 5.97 Å². The minimum absolute atomic E-state index is 0.0369. The number of nitrogens with one attached hydrogen (secondary N) is 2. The van der Waals surface area contributed by atoms with E-state index >= 15 is 0 Å². The Kier molecular flexibility index (Phi) is 5.95. The number of piperidine rings is 1. The van der Waals surface area contributed by atoms with Crippen LogP contribution in [0.2, 0.25) is 0 Å². The number of benzene rings is 1. The van der Waals surface area contributed by atoms with Crippen LogP contribution in [0.1, 0.15) is 30.1 Å². The second-order valence-corrected chi connectivity index (χ2v) is 7.79. The van der Waals surface area contributed by atoms with Crippen molar-refractivity contribution in [1.82, 2.24) is 5.32 Å². The van der Waals surface area contributed by atoms with Crippen molar-refractivity contribution in [2.75, 3.05) is 31.3 Å². The third-order valence-electron chi connectivity index (χ3n) is 3.78. The number of carbonyl (C=O) groups is 2. The van der Waals surface area contributed by atoms with Gasteiger partial charge in [-0.15, -0.1) is 0 Å². The summed E-state index contributed by atoms with van der Waals surface area (Å²) in [6.07, 6.45) is 2.73. The monoisotopic (exact) mass is 354 g/mol. The van der Waals surface area contributed by atoms with Crippen LogP contribution >= 0.6 is 0 Å². The molecule has 0 spiro atoms. The van der Waals surface area contributed by atoms with E-state index in [2.05, 4.69) is 10.6 Å². The van der Waals surface area contributed by atoms with Crippen LogP contribution in [0.5, 0.6) is 0 Å². The Bertz CT molecular complexity index is 724. The summed E-state index contributed by atoms with van der Waals surface area (Å²) in [5.74, 6) is -0.993. The Morgan fingerprint density at radius 1 is 1.33 bits per heavy atom. The van der Waals surface area contributed by atoms with Crippen molar-refractivity contribution in [3.8, 4) is 0 Å². The van der Waals surface area contributed by atoms with Crippen LogP contribution in [0.4, 0.5) is 5.69 Å². The topological polar surface area (TPSA) is 102 Å². The lowest BCUT2D eigenvalue weighted by Gasteiger charge is -2.22. The molecule has 1 saturated heterocycles. The fourth-order valence-electron chi connectivity index (χ4n) is 2.54. The molecule has 1 fully saturated rings.